The third-order valence-corrected chi connectivity index (χ3v) is 3.36. The van der Waals surface area contributed by atoms with Gasteiger partial charge >= 0.3 is 0 Å². The molecule has 1 rings (SSSR count). The van der Waals surface area contributed by atoms with E-state index in [0.717, 1.165) is 13.0 Å². The summed E-state index contributed by atoms with van der Waals surface area (Å²) in [4.78, 5) is 20.0. The van der Waals surface area contributed by atoms with Crippen LogP contribution in [-0.4, -0.2) is 40.5 Å². The summed E-state index contributed by atoms with van der Waals surface area (Å²) < 4.78 is 0. The molecule has 1 amide bonds. The SMILES string of the molecule is CCCNc1cnc(C(=O)NCC(C)SC)cn1. The molecule has 0 spiro atoms. The molecule has 0 aliphatic heterocycles. The predicted molar refractivity (Wildman–Crippen MR) is 76.1 cm³/mol. The standard InChI is InChI=1S/C12H20N4OS/c1-4-5-13-11-8-14-10(7-15-11)12(17)16-6-9(2)18-3/h7-9H,4-6H2,1-3H3,(H,13,15)(H,16,17). The number of nitrogens with one attached hydrogen (secondary N) is 2. The van der Waals surface area contributed by atoms with Crippen LogP contribution in [0.25, 0.3) is 0 Å². The van der Waals surface area contributed by atoms with Crippen LogP contribution in [0, 0.1) is 0 Å². The molecule has 1 heterocycles. The molecule has 1 atom stereocenters. The summed E-state index contributed by atoms with van der Waals surface area (Å²) in [6, 6.07) is 0. The third-order valence-electron chi connectivity index (χ3n) is 2.39. The van der Waals surface area contributed by atoms with Crippen molar-refractivity contribution in [1.29, 1.82) is 0 Å². The average Bonchev–Trinajstić information content (AvgIpc) is 2.42. The van der Waals surface area contributed by atoms with Gasteiger partial charge in [-0.05, 0) is 12.7 Å². The van der Waals surface area contributed by atoms with Crippen LogP contribution in [0.4, 0.5) is 5.82 Å². The molecule has 1 aromatic heterocycles. The number of thioether (sulfide) groups is 1. The van der Waals surface area contributed by atoms with E-state index in [1.165, 1.54) is 6.20 Å². The Balaban J connectivity index is 2.48. The zero-order chi connectivity index (χ0) is 13.4. The summed E-state index contributed by atoms with van der Waals surface area (Å²) >= 11 is 1.71. The van der Waals surface area contributed by atoms with Crippen LogP contribution in [0.3, 0.4) is 0 Å². The van der Waals surface area contributed by atoms with E-state index in [2.05, 4.69) is 34.4 Å². The lowest BCUT2D eigenvalue weighted by Crippen LogP contribution is -2.30. The Bertz CT molecular complexity index is 369. The van der Waals surface area contributed by atoms with Crippen molar-refractivity contribution in [2.75, 3.05) is 24.7 Å². The Labute approximate surface area is 112 Å². The summed E-state index contributed by atoms with van der Waals surface area (Å²) in [5, 5.41) is 6.34. The maximum Gasteiger partial charge on any atom is 0.271 e. The van der Waals surface area contributed by atoms with E-state index in [1.54, 1.807) is 18.0 Å². The van der Waals surface area contributed by atoms with Gasteiger partial charge in [0, 0.05) is 18.3 Å². The van der Waals surface area contributed by atoms with E-state index in [-0.39, 0.29) is 5.91 Å². The Morgan fingerprint density at radius 1 is 1.44 bits per heavy atom. The van der Waals surface area contributed by atoms with E-state index in [9.17, 15) is 4.79 Å². The fourth-order valence-corrected chi connectivity index (χ4v) is 1.45. The monoisotopic (exact) mass is 268 g/mol. The second-order valence-electron chi connectivity index (χ2n) is 3.97. The molecule has 1 aromatic rings. The van der Waals surface area contributed by atoms with Crippen LogP contribution < -0.4 is 10.6 Å². The van der Waals surface area contributed by atoms with Gasteiger partial charge in [0.05, 0.1) is 12.4 Å². The van der Waals surface area contributed by atoms with Crippen molar-refractivity contribution < 1.29 is 4.79 Å². The molecule has 0 saturated heterocycles. The lowest BCUT2D eigenvalue weighted by atomic mass is 10.4. The van der Waals surface area contributed by atoms with Gasteiger partial charge in [0.25, 0.3) is 5.91 Å². The molecule has 0 saturated carbocycles. The lowest BCUT2D eigenvalue weighted by Gasteiger charge is -2.09. The van der Waals surface area contributed by atoms with Crippen molar-refractivity contribution in [3.05, 3.63) is 18.1 Å². The second kappa shape index (κ2) is 7.92. The molecule has 2 N–H and O–H groups in total. The zero-order valence-corrected chi connectivity index (χ0v) is 11.9. The molecule has 18 heavy (non-hydrogen) atoms. The number of hydrogen-bond acceptors (Lipinski definition) is 5. The first-order chi connectivity index (χ1) is 8.67. The summed E-state index contributed by atoms with van der Waals surface area (Å²) in [5.41, 5.74) is 0.352. The van der Waals surface area contributed by atoms with Gasteiger partial charge in [0.1, 0.15) is 11.5 Å². The van der Waals surface area contributed by atoms with E-state index in [1.807, 2.05) is 6.26 Å². The molecule has 0 radical (unpaired) electrons. The molecule has 0 fully saturated rings. The van der Waals surface area contributed by atoms with Crippen molar-refractivity contribution in [2.45, 2.75) is 25.5 Å². The van der Waals surface area contributed by atoms with Crippen LogP contribution in [-0.2, 0) is 0 Å². The van der Waals surface area contributed by atoms with Crippen molar-refractivity contribution in [3.63, 3.8) is 0 Å². The summed E-state index contributed by atoms with van der Waals surface area (Å²) in [5.74, 6) is 0.524. The second-order valence-corrected chi connectivity index (χ2v) is 5.25. The predicted octanol–water partition coefficient (Wildman–Crippen LogP) is 1.78. The Kier molecular flexibility index (Phi) is 6.49. The number of carbonyl (C=O) groups is 1. The van der Waals surface area contributed by atoms with Gasteiger partial charge in [-0.3, -0.25) is 4.79 Å². The maximum absolute atomic E-state index is 11.7. The third kappa shape index (κ3) is 4.91. The number of aromatic nitrogens is 2. The smallest absolute Gasteiger partial charge is 0.271 e. The van der Waals surface area contributed by atoms with E-state index < -0.39 is 0 Å². The molecule has 0 bridgehead atoms. The minimum Gasteiger partial charge on any atom is -0.369 e. The normalized spacial score (nSPS) is 11.9. The fraction of sp³-hybridized carbons (Fsp3) is 0.583. The van der Waals surface area contributed by atoms with Crippen LogP contribution >= 0.6 is 11.8 Å². The van der Waals surface area contributed by atoms with Gasteiger partial charge in [-0.15, -0.1) is 0 Å². The Morgan fingerprint density at radius 3 is 2.78 bits per heavy atom. The number of anilines is 1. The highest BCUT2D eigenvalue weighted by Gasteiger charge is 2.09. The van der Waals surface area contributed by atoms with Gasteiger partial charge in [0.15, 0.2) is 0 Å². The minimum absolute atomic E-state index is 0.176. The van der Waals surface area contributed by atoms with E-state index in [0.29, 0.717) is 23.3 Å². The molecule has 0 aromatic carbocycles. The van der Waals surface area contributed by atoms with Gasteiger partial charge in [-0.2, -0.15) is 11.8 Å². The molecule has 5 nitrogen and oxygen atoms in total. The van der Waals surface area contributed by atoms with Crippen molar-refractivity contribution in [3.8, 4) is 0 Å². The van der Waals surface area contributed by atoms with Crippen LogP contribution in [0.2, 0.25) is 0 Å². The average molecular weight is 268 g/mol. The highest BCUT2D eigenvalue weighted by atomic mass is 32.2. The quantitative estimate of drug-likeness (QED) is 0.789. The molecule has 0 aliphatic rings. The van der Waals surface area contributed by atoms with E-state index >= 15 is 0 Å². The van der Waals surface area contributed by atoms with Gasteiger partial charge in [-0.25, -0.2) is 9.97 Å². The fourth-order valence-electron chi connectivity index (χ4n) is 1.20. The van der Waals surface area contributed by atoms with Gasteiger partial charge < -0.3 is 10.6 Å². The Hall–Kier alpha value is -1.30. The number of hydrogen-bond donors (Lipinski definition) is 2. The first kappa shape index (κ1) is 14.8. The first-order valence-electron chi connectivity index (χ1n) is 6.04. The van der Waals surface area contributed by atoms with Crippen molar-refractivity contribution in [2.24, 2.45) is 0 Å². The zero-order valence-electron chi connectivity index (χ0n) is 11.1. The van der Waals surface area contributed by atoms with Crippen molar-refractivity contribution >= 4 is 23.5 Å². The first-order valence-corrected chi connectivity index (χ1v) is 7.33. The molecular formula is C12H20N4OS. The molecule has 1 unspecified atom stereocenters. The molecular weight excluding hydrogens is 248 g/mol. The summed E-state index contributed by atoms with van der Waals surface area (Å²) in [7, 11) is 0. The molecule has 100 valence electrons. The highest BCUT2D eigenvalue weighted by molar-refractivity contribution is 7.99. The topological polar surface area (TPSA) is 66.9 Å². The van der Waals surface area contributed by atoms with E-state index in [4.69, 9.17) is 0 Å². The summed E-state index contributed by atoms with van der Waals surface area (Å²) in [6.45, 7) is 5.63. The van der Waals surface area contributed by atoms with Crippen molar-refractivity contribution in [1.82, 2.24) is 15.3 Å². The van der Waals surface area contributed by atoms with Gasteiger partial charge in [-0.1, -0.05) is 13.8 Å². The van der Waals surface area contributed by atoms with Gasteiger partial charge in [0.2, 0.25) is 0 Å². The highest BCUT2D eigenvalue weighted by Crippen LogP contribution is 2.04. The van der Waals surface area contributed by atoms with Crippen LogP contribution in [0.1, 0.15) is 30.8 Å². The molecule has 0 aliphatic carbocycles. The van der Waals surface area contributed by atoms with Crippen LogP contribution in [0.5, 0.6) is 0 Å². The maximum atomic E-state index is 11.7. The number of nitrogens with zero attached hydrogens (tertiary/aromatic N) is 2. The lowest BCUT2D eigenvalue weighted by molar-refractivity contribution is 0.0949. The Morgan fingerprint density at radius 2 is 2.22 bits per heavy atom. The molecule has 6 heteroatoms. The number of rotatable bonds is 7. The number of carbonyl (C=O) groups excluding carboxylic acids is 1. The number of amides is 1. The van der Waals surface area contributed by atoms with Crippen LogP contribution in [0.15, 0.2) is 12.4 Å². The largest absolute Gasteiger partial charge is 0.369 e. The minimum atomic E-state index is -0.176. The summed E-state index contributed by atoms with van der Waals surface area (Å²) in [6.07, 6.45) is 6.13.